The summed E-state index contributed by atoms with van der Waals surface area (Å²) in [5.74, 6) is 0.406. The minimum absolute atomic E-state index is 0.124. The van der Waals surface area contributed by atoms with Crippen molar-refractivity contribution in [1.29, 1.82) is 0 Å². The highest BCUT2D eigenvalue weighted by Gasteiger charge is 2.23. The van der Waals surface area contributed by atoms with Crippen LogP contribution in [-0.2, 0) is 13.1 Å². The largest absolute Gasteiger partial charge is 0.440 e. The standard InChI is InChI=1S/C41H33N7O2/c49-37-25-39(50-38-24-14-13-23-36(37)38)46(26-34-28-47(44-42-34)40(30-15-5-1-6-16-30)31-17-7-2-8-18-31)27-35-29-48(45-43-35)41(32-19-9-3-10-20-32)33-21-11-4-12-22-33/h1-25,28-29,40-41H,26-27H2. The predicted octanol–water partition coefficient (Wildman–Crippen LogP) is 7.46. The second-order valence-electron chi connectivity index (χ2n) is 12.1. The first-order chi connectivity index (χ1) is 24.7. The molecular formula is C41H33N7O2. The van der Waals surface area contributed by atoms with Gasteiger partial charge in [0.2, 0.25) is 5.88 Å². The van der Waals surface area contributed by atoms with Crippen LogP contribution >= 0.6 is 0 Å². The first-order valence-electron chi connectivity index (χ1n) is 16.5. The first kappa shape index (κ1) is 30.7. The third kappa shape index (κ3) is 6.44. The first-order valence-corrected chi connectivity index (χ1v) is 16.5. The van der Waals surface area contributed by atoms with Crippen molar-refractivity contribution in [2.24, 2.45) is 0 Å². The van der Waals surface area contributed by atoms with E-state index in [1.54, 1.807) is 12.1 Å². The normalized spacial score (nSPS) is 11.4. The van der Waals surface area contributed by atoms with Gasteiger partial charge in [-0.15, -0.1) is 10.2 Å². The van der Waals surface area contributed by atoms with Crippen LogP contribution in [0.5, 0.6) is 0 Å². The Morgan fingerprint density at radius 3 is 1.38 bits per heavy atom. The fourth-order valence-electron chi connectivity index (χ4n) is 6.41. The van der Waals surface area contributed by atoms with Gasteiger partial charge in [-0.3, -0.25) is 4.79 Å². The lowest BCUT2D eigenvalue weighted by atomic mass is 9.99. The van der Waals surface area contributed by atoms with Gasteiger partial charge in [-0.1, -0.05) is 144 Å². The van der Waals surface area contributed by atoms with Gasteiger partial charge in [0.1, 0.15) is 29.1 Å². The lowest BCUT2D eigenvalue weighted by molar-refractivity contribution is 0.560. The molecule has 3 heterocycles. The Kier molecular flexibility index (Phi) is 8.51. The molecular weight excluding hydrogens is 622 g/mol. The lowest BCUT2D eigenvalue weighted by Crippen LogP contribution is -2.24. The summed E-state index contributed by atoms with van der Waals surface area (Å²) in [6.45, 7) is 0.622. The van der Waals surface area contributed by atoms with E-state index in [1.165, 1.54) is 6.07 Å². The SMILES string of the molecule is O=c1cc(N(Cc2cn(C(c3ccccc3)c3ccccc3)nn2)Cc2cn(C(c3ccccc3)c3ccccc3)nn2)oc2ccccc12. The van der Waals surface area contributed by atoms with Crippen LogP contribution in [0.25, 0.3) is 11.0 Å². The van der Waals surface area contributed by atoms with Crippen LogP contribution in [0.4, 0.5) is 5.88 Å². The average molecular weight is 656 g/mol. The lowest BCUT2D eigenvalue weighted by Gasteiger charge is -2.21. The van der Waals surface area contributed by atoms with Crippen LogP contribution in [0.1, 0.15) is 45.7 Å². The molecule has 0 saturated heterocycles. The zero-order chi connectivity index (χ0) is 33.7. The molecule has 0 saturated carbocycles. The maximum atomic E-state index is 13.3. The Hall–Kier alpha value is -6.61. The fourth-order valence-corrected chi connectivity index (χ4v) is 6.41. The van der Waals surface area contributed by atoms with Gasteiger partial charge < -0.3 is 9.32 Å². The highest BCUT2D eigenvalue weighted by Crippen LogP contribution is 2.29. The molecule has 0 N–H and O–H groups in total. The summed E-state index contributed by atoms with van der Waals surface area (Å²) in [5, 5.41) is 18.9. The van der Waals surface area contributed by atoms with Crippen molar-refractivity contribution in [3.8, 4) is 0 Å². The second kappa shape index (κ2) is 13.9. The fraction of sp³-hybridized carbons (Fsp3) is 0.0976. The molecule has 8 aromatic rings. The van der Waals surface area contributed by atoms with Crippen LogP contribution in [0.2, 0.25) is 0 Å². The summed E-state index contributed by atoms with van der Waals surface area (Å²) in [4.78, 5) is 15.2. The zero-order valence-corrected chi connectivity index (χ0v) is 27.1. The van der Waals surface area contributed by atoms with E-state index in [1.807, 2.05) is 112 Å². The molecule has 0 unspecified atom stereocenters. The molecule has 50 heavy (non-hydrogen) atoms. The van der Waals surface area contributed by atoms with Gasteiger partial charge in [-0.2, -0.15) is 0 Å². The number of hydrogen-bond acceptors (Lipinski definition) is 7. The zero-order valence-electron chi connectivity index (χ0n) is 27.1. The maximum absolute atomic E-state index is 13.3. The Bertz CT molecular complexity index is 2170. The molecule has 0 spiro atoms. The second-order valence-corrected chi connectivity index (χ2v) is 12.1. The van der Waals surface area contributed by atoms with E-state index in [0.29, 0.717) is 41.3 Å². The summed E-state index contributed by atoms with van der Waals surface area (Å²) in [6.07, 6.45) is 3.91. The molecule has 0 aliphatic heterocycles. The number of benzene rings is 5. The summed E-state index contributed by atoms with van der Waals surface area (Å²) in [7, 11) is 0. The van der Waals surface area contributed by atoms with E-state index in [-0.39, 0.29) is 17.5 Å². The van der Waals surface area contributed by atoms with Crippen LogP contribution in [0, 0.1) is 0 Å². The number of nitrogens with zero attached hydrogens (tertiary/aromatic N) is 7. The molecule has 0 atom stereocenters. The van der Waals surface area contributed by atoms with Gasteiger partial charge in [0.05, 0.1) is 30.9 Å². The summed E-state index contributed by atoms with van der Waals surface area (Å²) in [6, 6.07) is 49.5. The number of rotatable bonds is 11. The third-order valence-corrected chi connectivity index (χ3v) is 8.74. The maximum Gasteiger partial charge on any atom is 0.200 e. The van der Waals surface area contributed by atoms with Crippen molar-refractivity contribution in [2.75, 3.05) is 4.90 Å². The van der Waals surface area contributed by atoms with Crippen LogP contribution in [0.15, 0.2) is 173 Å². The van der Waals surface area contributed by atoms with Crippen molar-refractivity contribution >= 4 is 16.9 Å². The molecule has 9 nitrogen and oxygen atoms in total. The molecule has 244 valence electrons. The van der Waals surface area contributed by atoms with E-state index >= 15 is 0 Å². The molecule has 0 aliphatic rings. The quantitative estimate of drug-likeness (QED) is 0.143. The molecule has 0 bridgehead atoms. The van der Waals surface area contributed by atoms with E-state index in [9.17, 15) is 4.79 Å². The molecule has 0 fully saturated rings. The molecule has 0 aliphatic carbocycles. The van der Waals surface area contributed by atoms with Crippen LogP contribution in [0.3, 0.4) is 0 Å². The van der Waals surface area contributed by atoms with Gasteiger partial charge in [0, 0.05) is 6.07 Å². The van der Waals surface area contributed by atoms with Crippen molar-refractivity contribution in [1.82, 2.24) is 30.0 Å². The number of anilines is 1. The summed E-state index contributed by atoms with van der Waals surface area (Å²) >= 11 is 0. The monoisotopic (exact) mass is 655 g/mol. The van der Waals surface area contributed by atoms with E-state index < -0.39 is 0 Å². The molecule has 0 amide bonds. The van der Waals surface area contributed by atoms with E-state index in [0.717, 1.165) is 22.3 Å². The minimum atomic E-state index is -0.168. The number of para-hydroxylation sites is 1. The average Bonchev–Trinajstić information content (AvgIpc) is 3.83. The number of fused-ring (bicyclic) bond motifs is 1. The minimum Gasteiger partial charge on any atom is -0.440 e. The van der Waals surface area contributed by atoms with Gasteiger partial charge in [-0.05, 0) is 34.4 Å². The highest BCUT2D eigenvalue weighted by atomic mass is 16.4. The van der Waals surface area contributed by atoms with Crippen molar-refractivity contribution in [2.45, 2.75) is 25.2 Å². The highest BCUT2D eigenvalue weighted by molar-refractivity contribution is 5.77. The van der Waals surface area contributed by atoms with Crippen LogP contribution in [-0.4, -0.2) is 30.0 Å². The van der Waals surface area contributed by atoms with Crippen molar-refractivity contribution < 1.29 is 4.42 Å². The van der Waals surface area contributed by atoms with Crippen LogP contribution < -0.4 is 10.3 Å². The van der Waals surface area contributed by atoms with Gasteiger partial charge >= 0.3 is 0 Å². The van der Waals surface area contributed by atoms with Gasteiger partial charge in [0.25, 0.3) is 0 Å². The van der Waals surface area contributed by atoms with Crippen molar-refractivity contribution in [3.05, 3.63) is 208 Å². The Morgan fingerprint density at radius 2 is 0.940 bits per heavy atom. The number of aromatic nitrogens is 6. The molecule has 5 aromatic carbocycles. The summed E-state index contributed by atoms with van der Waals surface area (Å²) < 4.78 is 10.1. The smallest absolute Gasteiger partial charge is 0.200 e. The molecule has 9 heteroatoms. The topological polar surface area (TPSA) is 94.9 Å². The van der Waals surface area contributed by atoms with E-state index in [2.05, 4.69) is 69.2 Å². The Balaban J connectivity index is 1.15. The molecule has 3 aromatic heterocycles. The van der Waals surface area contributed by atoms with Crippen molar-refractivity contribution in [3.63, 3.8) is 0 Å². The summed E-state index contributed by atoms with van der Waals surface area (Å²) in [5.41, 5.74) is 6.17. The van der Waals surface area contributed by atoms with Gasteiger partial charge in [0.15, 0.2) is 5.43 Å². The predicted molar refractivity (Wildman–Crippen MR) is 193 cm³/mol. The van der Waals surface area contributed by atoms with Gasteiger partial charge in [-0.25, -0.2) is 9.36 Å². The third-order valence-electron chi connectivity index (χ3n) is 8.74. The van der Waals surface area contributed by atoms with E-state index in [4.69, 9.17) is 4.42 Å². The Morgan fingerprint density at radius 1 is 0.540 bits per heavy atom. The Labute approximate surface area is 288 Å². The number of hydrogen-bond donors (Lipinski definition) is 0. The molecule has 8 rings (SSSR count). The molecule has 0 radical (unpaired) electrons.